The molecule has 0 amide bonds. The Morgan fingerprint density at radius 3 is 2.48 bits per heavy atom. The summed E-state index contributed by atoms with van der Waals surface area (Å²) in [6.07, 6.45) is 3.98. The number of rotatable bonds is 9. The van der Waals surface area contributed by atoms with Gasteiger partial charge in [-0.1, -0.05) is 69.2 Å². The molecule has 0 spiro atoms. The molecule has 170 valence electrons. The number of carbonyl (C=O) groups excluding carboxylic acids is 1. The molecule has 0 aliphatic rings. The van der Waals surface area contributed by atoms with E-state index in [0.29, 0.717) is 24.6 Å². The number of nitrogens with one attached hydrogen (secondary N) is 1. The van der Waals surface area contributed by atoms with Crippen molar-refractivity contribution in [2.45, 2.75) is 52.5 Å². The van der Waals surface area contributed by atoms with Gasteiger partial charge in [-0.25, -0.2) is 9.89 Å². The molecule has 0 saturated carbocycles. The van der Waals surface area contributed by atoms with E-state index in [2.05, 4.69) is 32.6 Å². The van der Waals surface area contributed by atoms with Crippen molar-refractivity contribution in [3.8, 4) is 22.5 Å². The van der Waals surface area contributed by atoms with Crippen molar-refractivity contribution < 1.29 is 4.79 Å². The first-order valence-corrected chi connectivity index (χ1v) is 11.3. The molecule has 0 aliphatic heterocycles. The highest BCUT2D eigenvalue weighted by atomic mass is 16.2. The second-order valence-electron chi connectivity index (χ2n) is 7.93. The summed E-state index contributed by atoms with van der Waals surface area (Å²) in [5, 5.41) is 18.3. The van der Waals surface area contributed by atoms with Crippen molar-refractivity contribution in [1.82, 2.24) is 35.0 Å². The van der Waals surface area contributed by atoms with Crippen LogP contribution < -0.4 is 5.69 Å². The Labute approximate surface area is 191 Å². The fraction of sp³-hybridized carbons (Fsp3) is 0.333. The van der Waals surface area contributed by atoms with E-state index in [4.69, 9.17) is 0 Å². The fourth-order valence-corrected chi connectivity index (χ4v) is 3.74. The highest BCUT2D eigenvalue weighted by Crippen LogP contribution is 2.24. The monoisotopic (exact) mass is 445 g/mol. The molecular formula is C24H27N7O2. The van der Waals surface area contributed by atoms with Gasteiger partial charge < -0.3 is 0 Å². The van der Waals surface area contributed by atoms with Crippen LogP contribution in [0.4, 0.5) is 0 Å². The second kappa shape index (κ2) is 10.2. The van der Waals surface area contributed by atoms with E-state index in [1.54, 1.807) is 11.5 Å². The van der Waals surface area contributed by atoms with Gasteiger partial charge in [-0.05, 0) is 39.6 Å². The predicted molar refractivity (Wildman–Crippen MR) is 125 cm³/mol. The zero-order valence-electron chi connectivity index (χ0n) is 18.9. The lowest BCUT2D eigenvalue weighted by atomic mass is 10.0. The van der Waals surface area contributed by atoms with Crippen LogP contribution in [-0.4, -0.2) is 40.9 Å². The molecule has 33 heavy (non-hydrogen) atoms. The summed E-state index contributed by atoms with van der Waals surface area (Å²) in [6.45, 7) is 4.24. The van der Waals surface area contributed by atoms with E-state index in [-0.39, 0.29) is 18.0 Å². The molecule has 0 bridgehead atoms. The third kappa shape index (κ3) is 4.97. The Bertz CT molecular complexity index is 1270. The minimum atomic E-state index is -0.370. The third-order valence-corrected chi connectivity index (χ3v) is 5.59. The van der Waals surface area contributed by atoms with Crippen LogP contribution in [0, 0.1) is 0 Å². The Balaban J connectivity index is 1.58. The average Bonchev–Trinajstić information content (AvgIpc) is 3.49. The van der Waals surface area contributed by atoms with E-state index >= 15 is 0 Å². The van der Waals surface area contributed by atoms with Crippen molar-refractivity contribution in [2.75, 3.05) is 0 Å². The molecule has 0 unspecified atom stereocenters. The first-order valence-electron chi connectivity index (χ1n) is 11.3. The number of aromatic nitrogens is 7. The number of aryl methyl sites for hydroxylation is 1. The van der Waals surface area contributed by atoms with E-state index in [9.17, 15) is 9.59 Å². The minimum Gasteiger partial charge on any atom is -0.274 e. The lowest BCUT2D eigenvalue weighted by Gasteiger charge is -2.08. The molecule has 4 aromatic rings. The number of tetrazole rings is 1. The quantitative estimate of drug-likeness (QED) is 0.393. The highest BCUT2D eigenvalue weighted by molar-refractivity contribution is 5.77. The maximum Gasteiger partial charge on any atom is 0.353 e. The minimum absolute atomic E-state index is 0.239. The molecule has 2 heterocycles. The molecule has 4 rings (SSSR count). The number of hydrogen-bond acceptors (Lipinski definition) is 6. The first-order chi connectivity index (χ1) is 16.1. The van der Waals surface area contributed by atoms with Crippen molar-refractivity contribution in [2.24, 2.45) is 0 Å². The van der Waals surface area contributed by atoms with Crippen LogP contribution in [0.1, 0.15) is 55.7 Å². The van der Waals surface area contributed by atoms with Gasteiger partial charge in [-0.3, -0.25) is 9.36 Å². The molecule has 0 saturated heterocycles. The molecule has 0 fully saturated rings. The molecule has 0 aliphatic carbocycles. The zero-order chi connectivity index (χ0) is 23.2. The van der Waals surface area contributed by atoms with Crippen molar-refractivity contribution in [1.29, 1.82) is 0 Å². The van der Waals surface area contributed by atoms with Gasteiger partial charge in [-0.2, -0.15) is 0 Å². The number of benzene rings is 2. The Morgan fingerprint density at radius 1 is 1.00 bits per heavy atom. The Hall–Kier alpha value is -3.88. The largest absolute Gasteiger partial charge is 0.353 e. The van der Waals surface area contributed by atoms with Crippen LogP contribution >= 0.6 is 0 Å². The molecule has 9 heteroatoms. The van der Waals surface area contributed by atoms with Gasteiger partial charge in [0.2, 0.25) is 0 Å². The summed E-state index contributed by atoms with van der Waals surface area (Å²) in [4.78, 5) is 25.1. The number of carbonyl (C=O) groups is 1. The van der Waals surface area contributed by atoms with Gasteiger partial charge in [0.1, 0.15) is 5.82 Å². The molecule has 2 aromatic heterocycles. The molecule has 9 nitrogen and oxygen atoms in total. The van der Waals surface area contributed by atoms with Gasteiger partial charge in [0.15, 0.2) is 5.82 Å². The van der Waals surface area contributed by atoms with Gasteiger partial charge in [0.05, 0.1) is 6.54 Å². The van der Waals surface area contributed by atoms with Crippen LogP contribution in [0.3, 0.4) is 0 Å². The summed E-state index contributed by atoms with van der Waals surface area (Å²) in [5.41, 5.74) is 3.58. The Kier molecular flexibility index (Phi) is 6.87. The summed E-state index contributed by atoms with van der Waals surface area (Å²) < 4.78 is 2.63. The maximum atomic E-state index is 12.9. The predicted octanol–water partition coefficient (Wildman–Crippen LogP) is 3.72. The van der Waals surface area contributed by atoms with Crippen LogP contribution in [-0.2, 0) is 13.0 Å². The van der Waals surface area contributed by atoms with Crippen LogP contribution in [0.25, 0.3) is 22.5 Å². The van der Waals surface area contributed by atoms with Crippen LogP contribution in [0.5, 0.6) is 0 Å². The van der Waals surface area contributed by atoms with Crippen LogP contribution in [0.15, 0.2) is 53.3 Å². The second-order valence-corrected chi connectivity index (χ2v) is 7.93. The summed E-state index contributed by atoms with van der Waals surface area (Å²) in [6, 6.07) is 16.0. The van der Waals surface area contributed by atoms with E-state index in [0.717, 1.165) is 46.2 Å². The molecule has 0 radical (unpaired) electrons. The smallest absolute Gasteiger partial charge is 0.274 e. The third-order valence-electron chi connectivity index (χ3n) is 5.59. The summed E-state index contributed by atoms with van der Waals surface area (Å²) in [7, 11) is 0. The number of nitrogens with zero attached hydrogens (tertiary/aromatic N) is 6. The van der Waals surface area contributed by atoms with Crippen molar-refractivity contribution in [3.63, 3.8) is 0 Å². The van der Waals surface area contributed by atoms with Gasteiger partial charge >= 0.3 is 5.69 Å². The number of H-pyrrole nitrogens is 1. The lowest BCUT2D eigenvalue weighted by Crippen LogP contribution is -2.30. The highest BCUT2D eigenvalue weighted by Gasteiger charge is 2.17. The van der Waals surface area contributed by atoms with E-state index < -0.39 is 0 Å². The molecular weight excluding hydrogens is 418 g/mol. The standard InChI is InChI=1S/C24H27N7O2/c1-3-5-6-10-21-27-31(22(32)4-2)24(33)30(21)16-17-11-13-18(14-12-17)19-8-7-9-20(15-19)23-25-28-29-26-23/h7-9,11-15H,3-6,10,16H2,1-2H3,(H,25,26,28,29). The van der Waals surface area contributed by atoms with Crippen molar-refractivity contribution >= 4 is 5.91 Å². The van der Waals surface area contributed by atoms with Crippen molar-refractivity contribution in [3.05, 3.63) is 70.4 Å². The van der Waals surface area contributed by atoms with E-state index in [1.807, 2.05) is 48.5 Å². The number of hydrogen-bond donors (Lipinski definition) is 1. The van der Waals surface area contributed by atoms with Gasteiger partial charge in [0, 0.05) is 18.4 Å². The first kappa shape index (κ1) is 22.3. The summed E-state index contributed by atoms with van der Waals surface area (Å²) in [5.74, 6) is 0.988. The van der Waals surface area contributed by atoms with Crippen LogP contribution in [0.2, 0.25) is 0 Å². The average molecular weight is 446 g/mol. The SMILES string of the molecule is CCCCCc1nn(C(=O)CC)c(=O)n1Cc1ccc(-c2cccc(-c3nnn[nH]3)c2)cc1. The number of aromatic amines is 1. The van der Waals surface area contributed by atoms with E-state index in [1.165, 1.54) is 0 Å². The zero-order valence-corrected chi connectivity index (χ0v) is 18.9. The molecule has 2 aromatic carbocycles. The topological polar surface area (TPSA) is 111 Å². The van der Waals surface area contributed by atoms with Gasteiger partial charge in [0.25, 0.3) is 5.91 Å². The lowest BCUT2D eigenvalue weighted by molar-refractivity contribution is 0.0887. The maximum absolute atomic E-state index is 12.9. The van der Waals surface area contributed by atoms with Gasteiger partial charge in [-0.15, -0.1) is 14.9 Å². The number of unbranched alkanes of at least 4 members (excludes halogenated alkanes) is 2. The summed E-state index contributed by atoms with van der Waals surface area (Å²) >= 11 is 0. The normalized spacial score (nSPS) is 11.1. The Morgan fingerprint density at radius 2 is 1.79 bits per heavy atom. The molecule has 0 atom stereocenters. The fourth-order valence-electron chi connectivity index (χ4n) is 3.74. The molecule has 1 N–H and O–H groups in total.